The summed E-state index contributed by atoms with van der Waals surface area (Å²) in [5.41, 5.74) is 2.62. The lowest BCUT2D eigenvalue weighted by Gasteiger charge is -2.17. The minimum absolute atomic E-state index is 0.103. The monoisotopic (exact) mass is 354 g/mol. The second kappa shape index (κ2) is 7.07. The molecule has 0 aliphatic carbocycles. The molecule has 1 aliphatic heterocycles. The van der Waals surface area contributed by atoms with Crippen LogP contribution in [0.1, 0.15) is 18.5 Å². The molecule has 134 valence electrons. The van der Waals surface area contributed by atoms with Crippen LogP contribution in [0.4, 0.5) is 4.39 Å². The van der Waals surface area contributed by atoms with Crippen molar-refractivity contribution in [2.45, 2.75) is 13.0 Å². The van der Waals surface area contributed by atoms with Gasteiger partial charge in [-0.05, 0) is 41.8 Å². The van der Waals surface area contributed by atoms with Gasteiger partial charge in [0.15, 0.2) is 0 Å². The molecule has 2 aromatic rings. The summed E-state index contributed by atoms with van der Waals surface area (Å²) in [5.74, 6) is -3.01. The largest absolute Gasteiger partial charge is 0.349 e. The van der Waals surface area contributed by atoms with E-state index in [2.05, 4.69) is 5.32 Å². The molecule has 0 spiro atoms. The summed E-state index contributed by atoms with van der Waals surface area (Å²) in [4.78, 5) is 37.1. The van der Waals surface area contributed by atoms with Crippen molar-refractivity contribution < 1.29 is 18.8 Å². The Morgan fingerprint density at radius 1 is 1.15 bits per heavy atom. The van der Waals surface area contributed by atoms with Crippen LogP contribution in [0, 0.1) is 11.7 Å². The van der Waals surface area contributed by atoms with Crippen molar-refractivity contribution in [3.63, 3.8) is 0 Å². The first kappa shape index (κ1) is 17.8. The fraction of sp³-hybridized carbons (Fsp3) is 0.250. The predicted octanol–water partition coefficient (Wildman–Crippen LogP) is 2.33. The van der Waals surface area contributed by atoms with E-state index >= 15 is 0 Å². The number of hydrogen-bond donors (Lipinski definition) is 1. The molecule has 1 N–H and O–H groups in total. The molecule has 1 unspecified atom stereocenters. The number of benzene rings is 2. The molecule has 3 rings (SSSR count). The third kappa shape index (κ3) is 3.49. The molecule has 0 bridgehead atoms. The molecule has 1 heterocycles. The molecule has 2 aromatic carbocycles. The highest BCUT2D eigenvalue weighted by atomic mass is 19.1. The number of nitrogens with one attached hydrogen (secondary N) is 1. The summed E-state index contributed by atoms with van der Waals surface area (Å²) < 4.78 is 13.1. The highest BCUT2D eigenvalue weighted by Gasteiger charge is 2.41. The van der Waals surface area contributed by atoms with E-state index in [1.54, 1.807) is 12.1 Å². The summed E-state index contributed by atoms with van der Waals surface area (Å²) in [6.07, 6.45) is 0. The Kier molecular flexibility index (Phi) is 4.84. The van der Waals surface area contributed by atoms with E-state index in [1.165, 1.54) is 24.1 Å². The summed E-state index contributed by atoms with van der Waals surface area (Å²) in [7, 11) is 1.50. The number of halogens is 1. The molecule has 0 radical (unpaired) electrons. The Morgan fingerprint density at radius 2 is 1.85 bits per heavy atom. The van der Waals surface area contributed by atoms with Crippen LogP contribution in [0.3, 0.4) is 0 Å². The van der Waals surface area contributed by atoms with Crippen molar-refractivity contribution in [2.75, 3.05) is 13.6 Å². The van der Waals surface area contributed by atoms with Gasteiger partial charge in [0, 0.05) is 13.6 Å². The van der Waals surface area contributed by atoms with Crippen LogP contribution in [0.15, 0.2) is 48.5 Å². The van der Waals surface area contributed by atoms with E-state index in [1.807, 2.05) is 31.2 Å². The number of likely N-dealkylation sites (tertiary alicyclic amines) is 1. The maximum atomic E-state index is 13.1. The van der Waals surface area contributed by atoms with E-state index < -0.39 is 23.5 Å². The first-order chi connectivity index (χ1) is 12.4. The molecule has 0 saturated carbocycles. The quantitative estimate of drug-likeness (QED) is 0.677. The lowest BCUT2D eigenvalue weighted by Crippen LogP contribution is -2.37. The Balaban J connectivity index is 1.74. The second-order valence-corrected chi connectivity index (χ2v) is 6.47. The summed E-state index contributed by atoms with van der Waals surface area (Å²) in [6.45, 7) is 1.92. The summed E-state index contributed by atoms with van der Waals surface area (Å²) >= 11 is 0. The lowest BCUT2D eigenvalue weighted by atomic mass is 9.99. The number of nitrogens with zero attached hydrogens (tertiary/aromatic N) is 1. The highest BCUT2D eigenvalue weighted by molar-refractivity contribution is 6.42. The van der Waals surface area contributed by atoms with Crippen LogP contribution in [-0.4, -0.2) is 36.1 Å². The van der Waals surface area contributed by atoms with Crippen molar-refractivity contribution in [3.05, 3.63) is 59.9 Å². The molecule has 26 heavy (non-hydrogen) atoms. The van der Waals surface area contributed by atoms with Gasteiger partial charge in [0.2, 0.25) is 11.7 Å². The molecule has 1 aliphatic rings. The molecule has 1 fully saturated rings. The van der Waals surface area contributed by atoms with Crippen LogP contribution in [0.5, 0.6) is 0 Å². The van der Waals surface area contributed by atoms with Crippen molar-refractivity contribution in [1.82, 2.24) is 10.2 Å². The predicted molar refractivity (Wildman–Crippen MR) is 94.5 cm³/mol. The standard InChI is InChI=1S/C20H19FN2O3/c1-12(22-19(25)17-11-23(2)20(26)18(17)24)14-4-3-5-15(10-14)13-6-8-16(21)9-7-13/h3-10,12,17H,11H2,1-2H3,(H,22,25)/t12-,17?/m0/s1. The van der Waals surface area contributed by atoms with Gasteiger partial charge in [0.05, 0.1) is 6.04 Å². The molecular weight excluding hydrogens is 335 g/mol. The van der Waals surface area contributed by atoms with Crippen molar-refractivity contribution in [2.24, 2.45) is 5.92 Å². The Morgan fingerprint density at radius 3 is 2.46 bits per heavy atom. The zero-order valence-corrected chi connectivity index (χ0v) is 14.5. The molecule has 6 heteroatoms. The molecule has 1 saturated heterocycles. The number of likely N-dealkylation sites (N-methyl/N-ethyl adjacent to an activating group) is 1. The summed E-state index contributed by atoms with van der Waals surface area (Å²) in [5, 5.41) is 2.80. The number of ketones is 1. The maximum Gasteiger partial charge on any atom is 0.290 e. The van der Waals surface area contributed by atoms with Gasteiger partial charge in [-0.25, -0.2) is 4.39 Å². The molecule has 2 atom stereocenters. The number of amides is 2. The molecular formula is C20H19FN2O3. The zero-order chi connectivity index (χ0) is 18.8. The molecule has 0 aromatic heterocycles. The second-order valence-electron chi connectivity index (χ2n) is 6.47. The van der Waals surface area contributed by atoms with E-state index in [0.717, 1.165) is 16.7 Å². The first-order valence-electron chi connectivity index (χ1n) is 8.32. The lowest BCUT2D eigenvalue weighted by molar-refractivity contribution is -0.142. The van der Waals surface area contributed by atoms with Gasteiger partial charge in [0.25, 0.3) is 5.91 Å². The van der Waals surface area contributed by atoms with Crippen molar-refractivity contribution >= 4 is 17.6 Å². The van der Waals surface area contributed by atoms with Gasteiger partial charge in [-0.1, -0.05) is 30.3 Å². The van der Waals surface area contributed by atoms with Crippen LogP contribution < -0.4 is 5.32 Å². The van der Waals surface area contributed by atoms with Crippen LogP contribution in [-0.2, 0) is 14.4 Å². The van der Waals surface area contributed by atoms with Gasteiger partial charge >= 0.3 is 0 Å². The van der Waals surface area contributed by atoms with E-state index in [9.17, 15) is 18.8 Å². The number of rotatable bonds is 4. The number of carbonyl (C=O) groups excluding carboxylic acids is 3. The Hall–Kier alpha value is -3.02. The highest BCUT2D eigenvalue weighted by Crippen LogP contribution is 2.24. The third-order valence-electron chi connectivity index (χ3n) is 4.57. The fourth-order valence-corrected chi connectivity index (χ4v) is 3.01. The number of hydrogen-bond acceptors (Lipinski definition) is 3. The topological polar surface area (TPSA) is 66.5 Å². The SMILES string of the molecule is C[C@H](NC(=O)C1CN(C)C(=O)C1=O)c1cccc(-c2ccc(F)cc2)c1. The minimum atomic E-state index is -0.963. The maximum absolute atomic E-state index is 13.1. The van der Waals surface area contributed by atoms with Gasteiger partial charge in [0.1, 0.15) is 11.7 Å². The van der Waals surface area contributed by atoms with E-state index in [-0.39, 0.29) is 18.4 Å². The van der Waals surface area contributed by atoms with E-state index in [0.29, 0.717) is 0 Å². The van der Waals surface area contributed by atoms with Crippen molar-refractivity contribution in [1.29, 1.82) is 0 Å². The summed E-state index contributed by atoms with van der Waals surface area (Å²) in [6, 6.07) is 13.4. The fourth-order valence-electron chi connectivity index (χ4n) is 3.01. The Labute approximate surface area is 150 Å². The minimum Gasteiger partial charge on any atom is -0.349 e. The van der Waals surface area contributed by atoms with Crippen molar-refractivity contribution in [3.8, 4) is 11.1 Å². The Bertz CT molecular complexity index is 864. The smallest absolute Gasteiger partial charge is 0.290 e. The molecule has 5 nitrogen and oxygen atoms in total. The van der Waals surface area contributed by atoms with Crippen LogP contribution >= 0.6 is 0 Å². The van der Waals surface area contributed by atoms with Gasteiger partial charge in [-0.2, -0.15) is 0 Å². The van der Waals surface area contributed by atoms with Gasteiger partial charge in [-0.15, -0.1) is 0 Å². The third-order valence-corrected chi connectivity index (χ3v) is 4.57. The number of Topliss-reactive ketones (excluding diaryl/α,β-unsaturated/α-hetero) is 1. The zero-order valence-electron chi connectivity index (χ0n) is 14.5. The average Bonchev–Trinajstić information content (AvgIpc) is 2.90. The first-order valence-corrected chi connectivity index (χ1v) is 8.32. The number of carbonyl (C=O) groups is 3. The van der Waals surface area contributed by atoms with E-state index in [4.69, 9.17) is 0 Å². The molecule has 2 amide bonds. The average molecular weight is 354 g/mol. The normalized spacial score (nSPS) is 18.1. The van der Waals surface area contributed by atoms with Crippen LogP contribution in [0.25, 0.3) is 11.1 Å². The van der Waals surface area contributed by atoms with Crippen LogP contribution in [0.2, 0.25) is 0 Å². The van der Waals surface area contributed by atoms with Gasteiger partial charge in [-0.3, -0.25) is 14.4 Å². The van der Waals surface area contributed by atoms with Gasteiger partial charge < -0.3 is 10.2 Å².